The van der Waals surface area contributed by atoms with Gasteiger partial charge in [-0.3, -0.25) is 0 Å². The van der Waals surface area contributed by atoms with Gasteiger partial charge in [0.15, 0.2) is 0 Å². The lowest BCUT2D eigenvalue weighted by molar-refractivity contribution is 0.934. The van der Waals surface area contributed by atoms with Gasteiger partial charge < -0.3 is 11.1 Å². The molecule has 0 spiro atoms. The van der Waals surface area contributed by atoms with Crippen LogP contribution in [0.5, 0.6) is 0 Å². The van der Waals surface area contributed by atoms with Gasteiger partial charge >= 0.3 is 0 Å². The quantitative estimate of drug-likeness (QED) is 0.873. The molecule has 5 heteroatoms. The maximum absolute atomic E-state index is 5.43. The third kappa shape index (κ3) is 1.73. The summed E-state index contributed by atoms with van der Waals surface area (Å²) in [6.07, 6.45) is 3.68. The van der Waals surface area contributed by atoms with Gasteiger partial charge in [0.1, 0.15) is 0 Å². The van der Waals surface area contributed by atoms with Crippen LogP contribution in [0.25, 0.3) is 5.52 Å². The van der Waals surface area contributed by atoms with Crippen molar-refractivity contribution in [1.82, 2.24) is 9.61 Å². The molecule has 74 valence electrons. The first-order chi connectivity index (χ1) is 6.81. The van der Waals surface area contributed by atoms with Crippen molar-refractivity contribution in [3.05, 3.63) is 29.0 Å². The molecule has 4 nitrogen and oxygen atoms in total. The molecule has 3 N–H and O–H groups in total. The zero-order valence-corrected chi connectivity index (χ0v) is 9.16. The highest BCUT2D eigenvalue weighted by atomic mass is 79.9. The molecule has 0 aliphatic carbocycles. The third-order valence-electron chi connectivity index (χ3n) is 1.94. The highest BCUT2D eigenvalue weighted by molar-refractivity contribution is 9.10. The Balaban J connectivity index is 2.42. The molecule has 2 rings (SSSR count). The number of hydrogen-bond acceptors (Lipinski definition) is 3. The lowest BCUT2D eigenvalue weighted by Crippen LogP contribution is -2.13. The van der Waals surface area contributed by atoms with Crippen LogP contribution in [0.3, 0.4) is 0 Å². The van der Waals surface area contributed by atoms with E-state index in [9.17, 15) is 0 Å². The Morgan fingerprint density at radius 1 is 1.57 bits per heavy atom. The van der Waals surface area contributed by atoms with Crippen LogP contribution in [0.15, 0.2) is 29.0 Å². The monoisotopic (exact) mass is 254 g/mol. The zero-order chi connectivity index (χ0) is 9.97. The lowest BCUT2D eigenvalue weighted by atomic mass is 10.3. The van der Waals surface area contributed by atoms with Crippen LogP contribution in [0.4, 0.5) is 5.69 Å². The molecule has 0 aliphatic rings. The van der Waals surface area contributed by atoms with Crippen LogP contribution < -0.4 is 11.1 Å². The van der Waals surface area contributed by atoms with Crippen molar-refractivity contribution < 1.29 is 0 Å². The van der Waals surface area contributed by atoms with Gasteiger partial charge in [-0.1, -0.05) is 0 Å². The fourth-order valence-corrected chi connectivity index (χ4v) is 1.75. The Labute approximate surface area is 90.2 Å². The smallest absolute Gasteiger partial charge is 0.0889 e. The highest BCUT2D eigenvalue weighted by Crippen LogP contribution is 2.21. The van der Waals surface area contributed by atoms with Gasteiger partial charge in [-0.2, -0.15) is 5.10 Å². The Morgan fingerprint density at radius 2 is 2.43 bits per heavy atom. The van der Waals surface area contributed by atoms with E-state index in [0.29, 0.717) is 6.54 Å². The first-order valence-corrected chi connectivity index (χ1v) is 5.17. The highest BCUT2D eigenvalue weighted by Gasteiger charge is 2.02. The molecule has 14 heavy (non-hydrogen) atoms. The average Bonchev–Trinajstić information content (AvgIpc) is 2.55. The van der Waals surface area contributed by atoms with Gasteiger partial charge in [0.05, 0.1) is 11.2 Å². The minimum absolute atomic E-state index is 0.621. The van der Waals surface area contributed by atoms with Gasteiger partial charge in [-0.05, 0) is 28.1 Å². The Morgan fingerprint density at radius 3 is 3.21 bits per heavy atom. The number of nitrogens with one attached hydrogen (secondary N) is 1. The molecular formula is C9H11BrN4. The van der Waals surface area contributed by atoms with Crippen molar-refractivity contribution >= 4 is 27.1 Å². The van der Waals surface area contributed by atoms with E-state index in [4.69, 9.17) is 5.73 Å². The number of rotatable bonds is 3. The maximum atomic E-state index is 5.43. The normalized spacial score (nSPS) is 10.7. The summed E-state index contributed by atoms with van der Waals surface area (Å²) in [5.74, 6) is 0. The van der Waals surface area contributed by atoms with E-state index in [1.807, 2.05) is 22.8 Å². The second-order valence-corrected chi connectivity index (χ2v) is 3.86. The fraction of sp³-hybridized carbons (Fsp3) is 0.222. The summed E-state index contributed by atoms with van der Waals surface area (Å²) in [5.41, 5.74) is 7.53. The van der Waals surface area contributed by atoms with E-state index in [0.717, 1.165) is 22.2 Å². The van der Waals surface area contributed by atoms with Crippen molar-refractivity contribution in [2.24, 2.45) is 5.73 Å². The first kappa shape index (κ1) is 9.48. The molecule has 2 aromatic heterocycles. The molecule has 0 aromatic carbocycles. The Bertz CT molecular complexity index is 437. The van der Waals surface area contributed by atoms with Crippen molar-refractivity contribution in [2.75, 3.05) is 18.4 Å². The molecule has 0 saturated heterocycles. The number of hydrogen-bond donors (Lipinski definition) is 2. The molecule has 0 unspecified atom stereocenters. The maximum Gasteiger partial charge on any atom is 0.0889 e. The summed E-state index contributed by atoms with van der Waals surface area (Å²) in [7, 11) is 0. The number of nitrogens with two attached hydrogens (primary N) is 1. The number of nitrogens with zero attached hydrogens (tertiary/aromatic N) is 2. The molecule has 0 saturated carbocycles. The molecule has 0 amide bonds. The molecule has 0 atom stereocenters. The van der Waals surface area contributed by atoms with E-state index < -0.39 is 0 Å². The fourth-order valence-electron chi connectivity index (χ4n) is 1.34. The largest absolute Gasteiger partial charge is 0.382 e. The second kappa shape index (κ2) is 3.98. The van der Waals surface area contributed by atoms with Gasteiger partial charge in [0.2, 0.25) is 0 Å². The Kier molecular flexibility index (Phi) is 2.69. The summed E-state index contributed by atoms with van der Waals surface area (Å²) in [4.78, 5) is 0. The van der Waals surface area contributed by atoms with E-state index in [-0.39, 0.29) is 0 Å². The summed E-state index contributed by atoms with van der Waals surface area (Å²) in [5, 5.41) is 7.43. The molecule has 0 bridgehead atoms. The summed E-state index contributed by atoms with van der Waals surface area (Å²) < 4.78 is 2.84. The van der Waals surface area contributed by atoms with Gasteiger partial charge in [0, 0.05) is 30.0 Å². The predicted molar refractivity (Wildman–Crippen MR) is 60.4 cm³/mol. The van der Waals surface area contributed by atoms with Gasteiger partial charge in [0.25, 0.3) is 0 Å². The first-order valence-electron chi connectivity index (χ1n) is 4.38. The van der Waals surface area contributed by atoms with Crippen LogP contribution in [0, 0.1) is 0 Å². The van der Waals surface area contributed by atoms with Crippen molar-refractivity contribution in [3.8, 4) is 0 Å². The molecule has 0 aliphatic heterocycles. The minimum Gasteiger partial charge on any atom is -0.382 e. The standard InChI is InChI=1S/C9H11BrN4/c10-7-5-9-8(12-4-2-11)1-3-13-14(9)6-7/h1,3,5-6,12H,2,4,11H2. The van der Waals surface area contributed by atoms with Crippen molar-refractivity contribution in [2.45, 2.75) is 0 Å². The molecule has 0 radical (unpaired) electrons. The Hall–Kier alpha value is -1.07. The number of aromatic nitrogens is 2. The zero-order valence-electron chi connectivity index (χ0n) is 7.57. The molecule has 0 fully saturated rings. The van der Waals surface area contributed by atoms with Gasteiger partial charge in [-0.25, -0.2) is 4.52 Å². The van der Waals surface area contributed by atoms with Gasteiger partial charge in [-0.15, -0.1) is 0 Å². The number of anilines is 1. The van der Waals surface area contributed by atoms with E-state index in [1.54, 1.807) is 6.20 Å². The van der Waals surface area contributed by atoms with Crippen LogP contribution in [0.2, 0.25) is 0 Å². The van der Waals surface area contributed by atoms with E-state index in [2.05, 4.69) is 26.3 Å². The minimum atomic E-state index is 0.621. The molecular weight excluding hydrogens is 244 g/mol. The summed E-state index contributed by atoms with van der Waals surface area (Å²) in [6.45, 7) is 1.39. The van der Waals surface area contributed by atoms with Crippen molar-refractivity contribution in [1.29, 1.82) is 0 Å². The molecule has 2 aromatic rings. The van der Waals surface area contributed by atoms with Crippen LogP contribution in [0.1, 0.15) is 0 Å². The SMILES string of the molecule is NCCNc1ccnn2cc(Br)cc12. The topological polar surface area (TPSA) is 55.3 Å². The van der Waals surface area contributed by atoms with Crippen LogP contribution >= 0.6 is 15.9 Å². The average molecular weight is 255 g/mol. The number of fused-ring (bicyclic) bond motifs is 1. The van der Waals surface area contributed by atoms with Crippen LogP contribution in [-0.2, 0) is 0 Å². The number of halogens is 1. The van der Waals surface area contributed by atoms with E-state index >= 15 is 0 Å². The second-order valence-electron chi connectivity index (χ2n) is 2.95. The van der Waals surface area contributed by atoms with Crippen molar-refractivity contribution in [3.63, 3.8) is 0 Å². The summed E-state index contributed by atoms with van der Waals surface area (Å²) in [6, 6.07) is 3.96. The van der Waals surface area contributed by atoms with Crippen LogP contribution in [-0.4, -0.2) is 22.7 Å². The summed E-state index contributed by atoms with van der Waals surface area (Å²) >= 11 is 3.41. The van der Waals surface area contributed by atoms with E-state index in [1.165, 1.54) is 0 Å². The molecule has 2 heterocycles. The lowest BCUT2D eigenvalue weighted by Gasteiger charge is -2.05. The predicted octanol–water partition coefficient (Wildman–Crippen LogP) is 1.47. The third-order valence-corrected chi connectivity index (χ3v) is 2.37.